The molecular weight excluding hydrogens is 386 g/mol. The standard InChI is InChI=1S/C24H19N7/c1-14-27-13-22(31(14)2)16-3-4-20-17(11-16)24(30-29-20)21-12-18-19(28-21)7-10-26-23(18)15-5-8-25-9-6-15/h3-13,28H,1-2H3,(H,29,30). The second-order valence-electron chi connectivity index (χ2n) is 7.62. The Morgan fingerprint density at radius 2 is 1.65 bits per heavy atom. The quantitative estimate of drug-likeness (QED) is 0.439. The van der Waals surface area contributed by atoms with Gasteiger partial charge in [-0.05, 0) is 43.3 Å². The fraction of sp³-hybridized carbons (Fsp3) is 0.0833. The van der Waals surface area contributed by atoms with Crippen LogP contribution in [-0.4, -0.2) is 34.7 Å². The van der Waals surface area contributed by atoms with Crippen LogP contribution >= 0.6 is 0 Å². The van der Waals surface area contributed by atoms with Crippen LogP contribution in [0.15, 0.2) is 67.3 Å². The number of nitrogens with zero attached hydrogens (tertiary/aromatic N) is 5. The van der Waals surface area contributed by atoms with E-state index in [0.717, 1.165) is 61.5 Å². The molecule has 0 spiro atoms. The van der Waals surface area contributed by atoms with E-state index >= 15 is 0 Å². The highest BCUT2D eigenvalue weighted by Gasteiger charge is 2.15. The highest BCUT2D eigenvalue weighted by Crippen LogP contribution is 2.34. The minimum absolute atomic E-state index is 0.882. The largest absolute Gasteiger partial charge is 0.353 e. The molecule has 0 saturated heterocycles. The molecule has 31 heavy (non-hydrogen) atoms. The first-order valence-electron chi connectivity index (χ1n) is 10.0. The molecule has 1 aromatic carbocycles. The van der Waals surface area contributed by atoms with Crippen molar-refractivity contribution in [2.45, 2.75) is 6.92 Å². The van der Waals surface area contributed by atoms with E-state index in [-0.39, 0.29) is 0 Å². The maximum Gasteiger partial charge on any atom is 0.116 e. The monoisotopic (exact) mass is 405 g/mol. The van der Waals surface area contributed by atoms with Crippen molar-refractivity contribution in [3.05, 3.63) is 73.1 Å². The molecule has 0 aliphatic rings. The highest BCUT2D eigenvalue weighted by atomic mass is 15.1. The van der Waals surface area contributed by atoms with Gasteiger partial charge in [-0.1, -0.05) is 6.07 Å². The Kier molecular flexibility index (Phi) is 3.76. The molecule has 6 rings (SSSR count). The molecule has 0 amide bonds. The number of fused-ring (bicyclic) bond motifs is 2. The van der Waals surface area contributed by atoms with Gasteiger partial charge in [0.2, 0.25) is 0 Å². The molecule has 7 heteroatoms. The topological polar surface area (TPSA) is 88.1 Å². The van der Waals surface area contributed by atoms with Crippen molar-refractivity contribution in [3.8, 4) is 33.9 Å². The summed E-state index contributed by atoms with van der Waals surface area (Å²) in [6.07, 6.45) is 7.30. The zero-order chi connectivity index (χ0) is 20.9. The van der Waals surface area contributed by atoms with Gasteiger partial charge in [0, 0.05) is 53.1 Å². The van der Waals surface area contributed by atoms with E-state index in [1.807, 2.05) is 44.6 Å². The van der Waals surface area contributed by atoms with E-state index in [1.54, 1.807) is 12.4 Å². The predicted molar refractivity (Wildman–Crippen MR) is 121 cm³/mol. The van der Waals surface area contributed by atoms with Crippen LogP contribution in [-0.2, 0) is 7.05 Å². The molecule has 0 atom stereocenters. The van der Waals surface area contributed by atoms with E-state index in [2.05, 4.69) is 59.0 Å². The molecule has 7 nitrogen and oxygen atoms in total. The number of pyridine rings is 2. The van der Waals surface area contributed by atoms with Crippen LogP contribution in [0, 0.1) is 6.92 Å². The third kappa shape index (κ3) is 2.74. The summed E-state index contributed by atoms with van der Waals surface area (Å²) in [5.41, 5.74) is 7.98. The minimum Gasteiger partial charge on any atom is -0.353 e. The van der Waals surface area contributed by atoms with Gasteiger partial charge in [0.15, 0.2) is 0 Å². The Bertz CT molecular complexity index is 1550. The molecule has 0 bridgehead atoms. The summed E-state index contributed by atoms with van der Waals surface area (Å²) in [6.45, 7) is 2.00. The number of hydrogen-bond acceptors (Lipinski definition) is 4. The summed E-state index contributed by atoms with van der Waals surface area (Å²) in [5.74, 6) is 0.981. The fourth-order valence-corrected chi connectivity index (χ4v) is 4.07. The molecule has 5 aromatic heterocycles. The predicted octanol–water partition coefficient (Wildman–Crippen LogP) is 4.88. The number of aryl methyl sites for hydroxylation is 1. The second kappa shape index (κ2) is 6.63. The number of hydrogen-bond donors (Lipinski definition) is 2. The Labute approximate surface area is 177 Å². The van der Waals surface area contributed by atoms with Gasteiger partial charge >= 0.3 is 0 Å². The van der Waals surface area contributed by atoms with Crippen LogP contribution in [0.3, 0.4) is 0 Å². The Balaban J connectivity index is 1.52. The zero-order valence-corrected chi connectivity index (χ0v) is 17.1. The summed E-state index contributed by atoms with van der Waals surface area (Å²) in [5, 5.41) is 9.89. The first-order chi connectivity index (χ1) is 15.2. The van der Waals surface area contributed by atoms with Gasteiger partial charge in [0.05, 0.1) is 28.8 Å². The first kappa shape index (κ1) is 17.6. The maximum absolute atomic E-state index is 4.62. The number of imidazole rings is 1. The van der Waals surface area contributed by atoms with Gasteiger partial charge in [-0.2, -0.15) is 5.10 Å². The molecule has 0 fully saturated rings. The lowest BCUT2D eigenvalue weighted by atomic mass is 10.1. The number of aromatic amines is 2. The molecule has 6 aromatic rings. The average molecular weight is 405 g/mol. The lowest BCUT2D eigenvalue weighted by Gasteiger charge is -2.04. The summed E-state index contributed by atoms with van der Waals surface area (Å²) in [4.78, 5) is 16.7. The van der Waals surface area contributed by atoms with E-state index in [0.29, 0.717) is 0 Å². The van der Waals surface area contributed by atoms with Crippen molar-refractivity contribution in [1.82, 2.24) is 34.7 Å². The Hall–Kier alpha value is -4.26. The third-order valence-corrected chi connectivity index (χ3v) is 5.84. The van der Waals surface area contributed by atoms with Gasteiger partial charge in [-0.15, -0.1) is 0 Å². The van der Waals surface area contributed by atoms with Crippen molar-refractivity contribution in [3.63, 3.8) is 0 Å². The van der Waals surface area contributed by atoms with Crippen molar-refractivity contribution < 1.29 is 0 Å². The molecule has 2 N–H and O–H groups in total. The first-order valence-corrected chi connectivity index (χ1v) is 10.0. The minimum atomic E-state index is 0.882. The molecule has 150 valence electrons. The molecule has 0 saturated carbocycles. The second-order valence-corrected chi connectivity index (χ2v) is 7.62. The van der Waals surface area contributed by atoms with Crippen molar-refractivity contribution in [1.29, 1.82) is 0 Å². The van der Waals surface area contributed by atoms with Gasteiger partial charge in [0.1, 0.15) is 11.5 Å². The van der Waals surface area contributed by atoms with Gasteiger partial charge in [-0.3, -0.25) is 15.1 Å². The van der Waals surface area contributed by atoms with Crippen molar-refractivity contribution in [2.75, 3.05) is 0 Å². The van der Waals surface area contributed by atoms with Gasteiger partial charge < -0.3 is 9.55 Å². The number of aromatic nitrogens is 7. The lowest BCUT2D eigenvalue weighted by Crippen LogP contribution is -1.94. The molecule has 0 radical (unpaired) electrons. The third-order valence-electron chi connectivity index (χ3n) is 5.84. The molecule has 0 aliphatic heterocycles. The number of nitrogens with one attached hydrogen (secondary N) is 2. The lowest BCUT2D eigenvalue weighted by molar-refractivity contribution is 0.865. The van der Waals surface area contributed by atoms with Crippen molar-refractivity contribution in [2.24, 2.45) is 7.05 Å². The summed E-state index contributed by atoms with van der Waals surface area (Å²) in [7, 11) is 2.03. The Morgan fingerprint density at radius 3 is 2.45 bits per heavy atom. The fourth-order valence-electron chi connectivity index (χ4n) is 4.07. The average Bonchev–Trinajstić information content (AvgIpc) is 3.50. The number of H-pyrrole nitrogens is 2. The van der Waals surface area contributed by atoms with Crippen LogP contribution in [0.25, 0.3) is 55.7 Å². The van der Waals surface area contributed by atoms with E-state index in [9.17, 15) is 0 Å². The maximum atomic E-state index is 4.62. The van der Waals surface area contributed by atoms with Crippen molar-refractivity contribution >= 4 is 21.8 Å². The van der Waals surface area contributed by atoms with Crippen LogP contribution in [0.1, 0.15) is 5.82 Å². The number of benzene rings is 1. The SMILES string of the molecule is Cc1ncc(-c2ccc3[nH]nc(-c4cc5c(-c6ccncc6)nccc5[nH]4)c3c2)n1C. The van der Waals surface area contributed by atoms with Gasteiger partial charge in [-0.25, -0.2) is 4.98 Å². The summed E-state index contributed by atoms with van der Waals surface area (Å²) >= 11 is 0. The van der Waals surface area contributed by atoms with Crippen LogP contribution in [0.5, 0.6) is 0 Å². The molecular formula is C24H19N7. The van der Waals surface area contributed by atoms with Crippen LogP contribution < -0.4 is 0 Å². The van der Waals surface area contributed by atoms with E-state index in [4.69, 9.17) is 0 Å². The van der Waals surface area contributed by atoms with E-state index < -0.39 is 0 Å². The van der Waals surface area contributed by atoms with E-state index in [1.165, 1.54) is 0 Å². The highest BCUT2D eigenvalue weighted by molar-refractivity contribution is 6.00. The molecule has 5 heterocycles. The Morgan fingerprint density at radius 1 is 0.806 bits per heavy atom. The molecule has 0 unspecified atom stereocenters. The van der Waals surface area contributed by atoms with Gasteiger partial charge in [0.25, 0.3) is 0 Å². The zero-order valence-electron chi connectivity index (χ0n) is 17.1. The number of rotatable bonds is 3. The van der Waals surface area contributed by atoms with Crippen LogP contribution in [0.4, 0.5) is 0 Å². The summed E-state index contributed by atoms with van der Waals surface area (Å²) in [6, 6.07) is 14.4. The normalized spacial score (nSPS) is 11.5. The van der Waals surface area contributed by atoms with Crippen LogP contribution in [0.2, 0.25) is 0 Å². The molecule has 0 aliphatic carbocycles. The summed E-state index contributed by atoms with van der Waals surface area (Å²) < 4.78 is 2.09. The smallest absolute Gasteiger partial charge is 0.116 e.